The number of hydrogen-bond acceptors (Lipinski definition) is 2. The van der Waals surface area contributed by atoms with Crippen molar-refractivity contribution in [2.75, 3.05) is 0 Å². The third kappa shape index (κ3) is 2.70. The number of halogens is 1. The number of aliphatic hydroxyl groups is 1. The highest BCUT2D eigenvalue weighted by Crippen LogP contribution is 2.41. The normalized spacial score (nSPS) is 17.4. The molecule has 0 radical (unpaired) electrons. The van der Waals surface area contributed by atoms with E-state index in [1.165, 1.54) is 12.1 Å². The fourth-order valence-electron chi connectivity index (χ4n) is 3.85. The molecule has 0 aliphatic carbocycles. The van der Waals surface area contributed by atoms with Crippen LogP contribution in [0.15, 0.2) is 59.9 Å². The average molecular weight is 364 g/mol. The summed E-state index contributed by atoms with van der Waals surface area (Å²) in [5.74, 6) is -1.06. The first-order valence-corrected chi connectivity index (χ1v) is 8.88. The highest BCUT2D eigenvalue weighted by Gasteiger charge is 2.43. The van der Waals surface area contributed by atoms with Gasteiger partial charge in [0.1, 0.15) is 11.6 Å². The van der Waals surface area contributed by atoms with E-state index >= 15 is 0 Å². The van der Waals surface area contributed by atoms with Gasteiger partial charge in [-0.3, -0.25) is 4.79 Å². The first-order valence-electron chi connectivity index (χ1n) is 8.88. The number of H-pyrrole nitrogens is 1. The number of fused-ring (bicyclic) bond motifs is 1. The van der Waals surface area contributed by atoms with E-state index in [4.69, 9.17) is 0 Å². The van der Waals surface area contributed by atoms with Gasteiger partial charge in [-0.15, -0.1) is 0 Å². The second-order valence-electron chi connectivity index (χ2n) is 7.54. The predicted molar refractivity (Wildman–Crippen MR) is 103 cm³/mol. The fourth-order valence-corrected chi connectivity index (χ4v) is 3.85. The number of carbonyl (C=O) groups is 1. The summed E-state index contributed by atoms with van der Waals surface area (Å²) >= 11 is 0. The smallest absolute Gasteiger partial charge is 0.252 e. The molecule has 0 bridgehead atoms. The van der Waals surface area contributed by atoms with Crippen molar-refractivity contribution in [3.8, 4) is 0 Å². The number of carbonyl (C=O) groups excluding carboxylic acids is 1. The molecule has 4 nitrogen and oxygen atoms in total. The third-order valence-electron chi connectivity index (χ3n) is 5.29. The summed E-state index contributed by atoms with van der Waals surface area (Å²) in [7, 11) is 0. The highest BCUT2D eigenvalue weighted by molar-refractivity contribution is 6.00. The van der Waals surface area contributed by atoms with E-state index in [1.807, 2.05) is 37.3 Å². The maximum Gasteiger partial charge on any atom is 0.252 e. The van der Waals surface area contributed by atoms with Crippen LogP contribution in [-0.2, 0) is 4.79 Å². The van der Waals surface area contributed by atoms with E-state index < -0.39 is 11.5 Å². The van der Waals surface area contributed by atoms with Gasteiger partial charge in [-0.2, -0.15) is 0 Å². The number of benzene rings is 2. The zero-order valence-corrected chi connectivity index (χ0v) is 15.4. The van der Waals surface area contributed by atoms with Crippen LogP contribution < -0.4 is 5.32 Å². The number of aryl methyl sites for hydroxylation is 1. The molecule has 1 aliphatic rings. The molecule has 0 fully saturated rings. The van der Waals surface area contributed by atoms with Crippen molar-refractivity contribution in [1.82, 2.24) is 10.3 Å². The number of hydrogen-bond donors (Lipinski definition) is 3. The summed E-state index contributed by atoms with van der Waals surface area (Å²) in [6.45, 7) is 5.44. The molecule has 4 rings (SSSR count). The number of aromatic nitrogens is 1. The van der Waals surface area contributed by atoms with E-state index in [-0.39, 0.29) is 17.5 Å². The zero-order valence-electron chi connectivity index (χ0n) is 15.4. The predicted octanol–water partition coefficient (Wildman–Crippen LogP) is 4.47. The number of rotatable bonds is 3. The molecule has 1 unspecified atom stereocenters. The minimum absolute atomic E-state index is 0.0330. The van der Waals surface area contributed by atoms with Crippen LogP contribution in [0.4, 0.5) is 4.39 Å². The van der Waals surface area contributed by atoms with Crippen LogP contribution in [0.25, 0.3) is 10.9 Å². The zero-order chi connectivity index (χ0) is 19.3. The Hall–Kier alpha value is -3.08. The van der Waals surface area contributed by atoms with Crippen LogP contribution in [-0.4, -0.2) is 21.5 Å². The summed E-state index contributed by atoms with van der Waals surface area (Å²) in [4.78, 5) is 16.1. The third-order valence-corrected chi connectivity index (χ3v) is 5.29. The van der Waals surface area contributed by atoms with E-state index in [0.29, 0.717) is 5.57 Å². The first-order chi connectivity index (χ1) is 12.8. The minimum Gasteiger partial charge on any atom is -0.509 e. The second kappa shape index (κ2) is 5.98. The lowest BCUT2D eigenvalue weighted by molar-refractivity contribution is -0.117. The van der Waals surface area contributed by atoms with Crippen molar-refractivity contribution in [3.63, 3.8) is 0 Å². The van der Waals surface area contributed by atoms with Crippen LogP contribution in [0.1, 0.15) is 36.6 Å². The Morgan fingerprint density at radius 1 is 1.11 bits per heavy atom. The van der Waals surface area contributed by atoms with Gasteiger partial charge < -0.3 is 15.4 Å². The van der Waals surface area contributed by atoms with Crippen LogP contribution in [0.2, 0.25) is 0 Å². The van der Waals surface area contributed by atoms with Crippen molar-refractivity contribution in [2.45, 2.75) is 32.2 Å². The molecule has 2 heterocycles. The molecule has 3 N–H and O–H groups in total. The summed E-state index contributed by atoms with van der Waals surface area (Å²) in [6, 6.07) is 14.1. The lowest BCUT2D eigenvalue weighted by Gasteiger charge is -2.19. The van der Waals surface area contributed by atoms with E-state index in [1.54, 1.807) is 19.9 Å². The topological polar surface area (TPSA) is 65.1 Å². The molecule has 3 aromatic rings. The van der Waals surface area contributed by atoms with Gasteiger partial charge in [-0.1, -0.05) is 30.3 Å². The van der Waals surface area contributed by atoms with E-state index in [2.05, 4.69) is 10.3 Å². The Morgan fingerprint density at radius 3 is 2.44 bits per heavy atom. The highest BCUT2D eigenvalue weighted by atomic mass is 19.1. The van der Waals surface area contributed by atoms with Gasteiger partial charge in [-0.25, -0.2) is 4.39 Å². The fraction of sp³-hybridized carbons (Fsp3) is 0.227. The molecule has 27 heavy (non-hydrogen) atoms. The molecule has 0 saturated heterocycles. The maximum atomic E-state index is 13.7. The Balaban J connectivity index is 2.00. The molecule has 5 heteroatoms. The molecule has 1 aromatic heterocycles. The molecule has 0 spiro atoms. The van der Waals surface area contributed by atoms with Crippen LogP contribution >= 0.6 is 0 Å². The molecule has 1 aliphatic heterocycles. The van der Waals surface area contributed by atoms with Crippen LogP contribution in [0.3, 0.4) is 0 Å². The summed E-state index contributed by atoms with van der Waals surface area (Å²) < 4.78 is 13.7. The average Bonchev–Trinajstić information content (AvgIpc) is 3.05. The van der Waals surface area contributed by atoms with Crippen molar-refractivity contribution < 1.29 is 14.3 Å². The number of aliphatic hydroxyl groups excluding tert-OH is 1. The van der Waals surface area contributed by atoms with Crippen molar-refractivity contribution >= 4 is 16.8 Å². The molecule has 1 amide bonds. The van der Waals surface area contributed by atoms with Gasteiger partial charge in [0, 0.05) is 16.6 Å². The summed E-state index contributed by atoms with van der Waals surface area (Å²) in [5, 5.41) is 14.4. The quantitative estimate of drug-likeness (QED) is 0.642. The standard InChI is InChI=1S/C22H21FN2O2/c1-12-15-11-14(23)9-10-16(15)24-19(12)17(13-7-5-4-6-8-13)18-20(26)22(2,3)25-21(18)27/h4-11,17,24,26H,1-3H3,(H,25,27). The van der Waals surface area contributed by atoms with Crippen LogP contribution in [0.5, 0.6) is 0 Å². The number of nitrogens with one attached hydrogen (secondary N) is 2. The SMILES string of the molecule is Cc1c(C(C2=C(O)C(C)(C)NC2=O)c2ccccc2)[nH]c2ccc(F)cc12. The lowest BCUT2D eigenvalue weighted by atomic mass is 9.85. The van der Waals surface area contributed by atoms with Crippen molar-refractivity contribution in [3.05, 3.63) is 82.5 Å². The lowest BCUT2D eigenvalue weighted by Crippen LogP contribution is -2.38. The second-order valence-corrected chi connectivity index (χ2v) is 7.54. The molecule has 138 valence electrons. The van der Waals surface area contributed by atoms with Gasteiger partial charge in [0.15, 0.2) is 0 Å². The maximum absolute atomic E-state index is 13.7. The molecular weight excluding hydrogens is 343 g/mol. The summed E-state index contributed by atoms with van der Waals surface area (Å²) in [6.07, 6.45) is 0. The Bertz CT molecular complexity index is 1080. The van der Waals surface area contributed by atoms with Gasteiger partial charge in [0.05, 0.1) is 17.0 Å². The molecule has 1 atom stereocenters. The Morgan fingerprint density at radius 2 is 1.81 bits per heavy atom. The number of aromatic amines is 1. The molecule has 2 aromatic carbocycles. The molecule has 0 saturated carbocycles. The first kappa shape index (κ1) is 17.3. The van der Waals surface area contributed by atoms with E-state index in [9.17, 15) is 14.3 Å². The monoisotopic (exact) mass is 364 g/mol. The van der Waals surface area contributed by atoms with Crippen molar-refractivity contribution in [2.24, 2.45) is 0 Å². The minimum atomic E-state index is -0.828. The van der Waals surface area contributed by atoms with Gasteiger partial charge in [0.2, 0.25) is 0 Å². The molecular formula is C22H21FN2O2. The largest absolute Gasteiger partial charge is 0.509 e. The Kier molecular flexibility index (Phi) is 3.84. The Labute approximate surface area is 156 Å². The van der Waals surface area contributed by atoms with Crippen molar-refractivity contribution in [1.29, 1.82) is 0 Å². The summed E-state index contributed by atoms with van der Waals surface area (Å²) in [5.41, 5.74) is 2.80. The van der Waals surface area contributed by atoms with Crippen LogP contribution in [0, 0.1) is 12.7 Å². The van der Waals surface area contributed by atoms with Gasteiger partial charge >= 0.3 is 0 Å². The van der Waals surface area contributed by atoms with Gasteiger partial charge in [0.25, 0.3) is 5.91 Å². The van der Waals surface area contributed by atoms with E-state index in [0.717, 1.165) is 27.7 Å². The van der Waals surface area contributed by atoms with Gasteiger partial charge in [-0.05, 0) is 50.1 Å². The number of amides is 1.